The van der Waals surface area contributed by atoms with E-state index in [9.17, 15) is 0 Å². The summed E-state index contributed by atoms with van der Waals surface area (Å²) in [6.07, 6.45) is 0. The Morgan fingerprint density at radius 2 is 1.88 bits per heavy atom. The summed E-state index contributed by atoms with van der Waals surface area (Å²) >= 11 is 0. The third kappa shape index (κ3) is 1.93. The first-order valence-electron chi connectivity index (χ1n) is 5.71. The molecule has 0 radical (unpaired) electrons. The molecule has 2 aromatic rings. The SMILES string of the molecule is Cc1cc2ccccc2nc1C(C)C(C)N. The number of pyridine rings is 1. The van der Waals surface area contributed by atoms with Crippen LogP contribution in [0.1, 0.15) is 31.0 Å². The molecule has 84 valence electrons. The van der Waals surface area contributed by atoms with E-state index in [2.05, 4.69) is 26.0 Å². The van der Waals surface area contributed by atoms with Gasteiger partial charge in [0.05, 0.1) is 5.52 Å². The maximum atomic E-state index is 5.94. The number of fused-ring (bicyclic) bond motifs is 1. The quantitative estimate of drug-likeness (QED) is 0.834. The molecule has 0 aliphatic rings. The molecule has 2 heteroatoms. The van der Waals surface area contributed by atoms with Crippen LogP contribution >= 0.6 is 0 Å². The van der Waals surface area contributed by atoms with Crippen LogP contribution in [0.15, 0.2) is 30.3 Å². The smallest absolute Gasteiger partial charge is 0.0705 e. The van der Waals surface area contributed by atoms with Gasteiger partial charge in [-0.2, -0.15) is 0 Å². The average Bonchev–Trinajstić information content (AvgIpc) is 2.27. The number of hydrogen-bond acceptors (Lipinski definition) is 2. The second-order valence-electron chi connectivity index (χ2n) is 4.53. The molecule has 2 N–H and O–H groups in total. The van der Waals surface area contributed by atoms with Gasteiger partial charge in [-0.25, -0.2) is 0 Å². The van der Waals surface area contributed by atoms with Gasteiger partial charge in [0.2, 0.25) is 0 Å². The third-order valence-electron chi connectivity index (χ3n) is 3.17. The van der Waals surface area contributed by atoms with Crippen molar-refractivity contribution in [3.63, 3.8) is 0 Å². The second-order valence-corrected chi connectivity index (χ2v) is 4.53. The van der Waals surface area contributed by atoms with Gasteiger partial charge in [0.25, 0.3) is 0 Å². The molecular formula is C14H18N2. The Morgan fingerprint density at radius 1 is 1.19 bits per heavy atom. The van der Waals surface area contributed by atoms with Crippen LogP contribution < -0.4 is 5.73 Å². The number of benzene rings is 1. The summed E-state index contributed by atoms with van der Waals surface area (Å²) in [7, 11) is 0. The van der Waals surface area contributed by atoms with Crippen LogP contribution in [0.2, 0.25) is 0 Å². The van der Waals surface area contributed by atoms with E-state index in [0.717, 1.165) is 11.2 Å². The molecule has 1 aromatic carbocycles. The van der Waals surface area contributed by atoms with Gasteiger partial charge in [-0.05, 0) is 31.5 Å². The lowest BCUT2D eigenvalue weighted by Gasteiger charge is -2.17. The summed E-state index contributed by atoms with van der Waals surface area (Å²) in [4.78, 5) is 4.72. The van der Waals surface area contributed by atoms with Crippen LogP contribution in [0.5, 0.6) is 0 Å². The van der Waals surface area contributed by atoms with Gasteiger partial charge in [-0.15, -0.1) is 0 Å². The molecule has 2 nitrogen and oxygen atoms in total. The van der Waals surface area contributed by atoms with E-state index in [-0.39, 0.29) is 6.04 Å². The van der Waals surface area contributed by atoms with E-state index in [1.807, 2.05) is 25.1 Å². The highest BCUT2D eigenvalue weighted by molar-refractivity contribution is 5.79. The van der Waals surface area contributed by atoms with Crippen molar-refractivity contribution in [3.8, 4) is 0 Å². The van der Waals surface area contributed by atoms with Crippen molar-refractivity contribution < 1.29 is 0 Å². The molecule has 0 aliphatic heterocycles. The molecule has 1 aromatic heterocycles. The molecule has 16 heavy (non-hydrogen) atoms. The molecule has 0 spiro atoms. The van der Waals surface area contributed by atoms with Crippen molar-refractivity contribution in [3.05, 3.63) is 41.6 Å². The first kappa shape index (κ1) is 11.1. The van der Waals surface area contributed by atoms with Gasteiger partial charge in [0, 0.05) is 23.0 Å². The molecule has 1 heterocycles. The number of hydrogen-bond donors (Lipinski definition) is 1. The molecule has 2 unspecified atom stereocenters. The summed E-state index contributed by atoms with van der Waals surface area (Å²) in [5.74, 6) is 0.296. The maximum Gasteiger partial charge on any atom is 0.0705 e. The van der Waals surface area contributed by atoms with E-state index >= 15 is 0 Å². The number of para-hydroxylation sites is 1. The van der Waals surface area contributed by atoms with Gasteiger partial charge < -0.3 is 5.73 Å². The van der Waals surface area contributed by atoms with Crippen LogP contribution in [0, 0.1) is 6.92 Å². The molecule has 0 bridgehead atoms. The molecule has 0 saturated carbocycles. The molecular weight excluding hydrogens is 196 g/mol. The lowest BCUT2D eigenvalue weighted by atomic mass is 9.95. The first-order chi connectivity index (χ1) is 7.59. The predicted octanol–water partition coefficient (Wildman–Crippen LogP) is 2.99. The average molecular weight is 214 g/mol. The zero-order valence-corrected chi connectivity index (χ0v) is 10.1. The molecule has 2 atom stereocenters. The van der Waals surface area contributed by atoms with Gasteiger partial charge in [-0.3, -0.25) is 4.98 Å². The van der Waals surface area contributed by atoms with Crippen LogP contribution in [0.4, 0.5) is 0 Å². The standard InChI is InChI=1S/C14H18N2/c1-9-8-12-6-4-5-7-13(12)16-14(9)10(2)11(3)15/h4-8,10-11H,15H2,1-3H3. The minimum atomic E-state index is 0.132. The Bertz CT molecular complexity index is 503. The first-order valence-corrected chi connectivity index (χ1v) is 5.71. The van der Waals surface area contributed by atoms with E-state index in [1.165, 1.54) is 10.9 Å². The molecule has 0 fully saturated rings. The molecule has 0 saturated heterocycles. The summed E-state index contributed by atoms with van der Waals surface area (Å²) in [5, 5.41) is 1.20. The highest BCUT2D eigenvalue weighted by Crippen LogP contribution is 2.23. The predicted molar refractivity (Wildman–Crippen MR) is 68.5 cm³/mol. The summed E-state index contributed by atoms with van der Waals surface area (Å²) in [6, 6.07) is 10.5. The second kappa shape index (κ2) is 4.22. The minimum Gasteiger partial charge on any atom is -0.327 e. The Labute approximate surface area is 96.5 Å². The van der Waals surface area contributed by atoms with Gasteiger partial charge in [0.15, 0.2) is 0 Å². The number of aryl methyl sites for hydroxylation is 1. The Balaban J connectivity index is 2.58. The van der Waals surface area contributed by atoms with E-state index in [0.29, 0.717) is 5.92 Å². The normalized spacial score (nSPS) is 15.0. The summed E-state index contributed by atoms with van der Waals surface area (Å²) in [5.41, 5.74) is 9.34. The van der Waals surface area contributed by atoms with Crippen LogP contribution in [0.25, 0.3) is 10.9 Å². The zero-order chi connectivity index (χ0) is 11.7. The largest absolute Gasteiger partial charge is 0.327 e. The van der Waals surface area contributed by atoms with Crippen LogP contribution in [-0.4, -0.2) is 11.0 Å². The fraction of sp³-hybridized carbons (Fsp3) is 0.357. The van der Waals surface area contributed by atoms with Crippen molar-refractivity contribution in [1.82, 2.24) is 4.98 Å². The van der Waals surface area contributed by atoms with E-state index < -0.39 is 0 Å². The number of nitrogens with two attached hydrogens (primary N) is 1. The number of nitrogens with zero attached hydrogens (tertiary/aromatic N) is 1. The van der Waals surface area contributed by atoms with E-state index in [4.69, 9.17) is 10.7 Å². The van der Waals surface area contributed by atoms with Crippen LogP contribution in [0.3, 0.4) is 0 Å². The molecule has 0 amide bonds. The van der Waals surface area contributed by atoms with Crippen molar-refractivity contribution in [2.45, 2.75) is 32.7 Å². The highest BCUT2D eigenvalue weighted by atomic mass is 14.7. The zero-order valence-electron chi connectivity index (χ0n) is 10.1. The summed E-state index contributed by atoms with van der Waals surface area (Å²) < 4.78 is 0. The Kier molecular flexibility index (Phi) is 2.92. The summed E-state index contributed by atoms with van der Waals surface area (Å²) in [6.45, 7) is 6.27. The van der Waals surface area contributed by atoms with E-state index in [1.54, 1.807) is 0 Å². The third-order valence-corrected chi connectivity index (χ3v) is 3.17. The van der Waals surface area contributed by atoms with Crippen molar-refractivity contribution >= 4 is 10.9 Å². The fourth-order valence-electron chi connectivity index (χ4n) is 1.95. The molecule has 0 aliphatic carbocycles. The number of rotatable bonds is 2. The topological polar surface area (TPSA) is 38.9 Å². The number of aromatic nitrogens is 1. The Hall–Kier alpha value is -1.41. The Morgan fingerprint density at radius 3 is 2.56 bits per heavy atom. The van der Waals surface area contributed by atoms with Crippen molar-refractivity contribution in [2.75, 3.05) is 0 Å². The molecule has 2 rings (SSSR count). The van der Waals surface area contributed by atoms with Crippen molar-refractivity contribution in [2.24, 2.45) is 5.73 Å². The van der Waals surface area contributed by atoms with Gasteiger partial charge in [0.1, 0.15) is 0 Å². The lowest BCUT2D eigenvalue weighted by molar-refractivity contribution is 0.597. The van der Waals surface area contributed by atoms with Crippen LogP contribution in [-0.2, 0) is 0 Å². The minimum absolute atomic E-state index is 0.132. The monoisotopic (exact) mass is 214 g/mol. The highest BCUT2D eigenvalue weighted by Gasteiger charge is 2.14. The van der Waals surface area contributed by atoms with Gasteiger partial charge in [-0.1, -0.05) is 25.1 Å². The van der Waals surface area contributed by atoms with Crippen molar-refractivity contribution in [1.29, 1.82) is 0 Å². The maximum absolute atomic E-state index is 5.94. The lowest BCUT2D eigenvalue weighted by Crippen LogP contribution is -2.23. The fourth-order valence-corrected chi connectivity index (χ4v) is 1.95. The van der Waals surface area contributed by atoms with Gasteiger partial charge >= 0.3 is 0 Å².